The first-order valence-corrected chi connectivity index (χ1v) is 8.78. The smallest absolute Gasteiger partial charge is 0.222 e. The topological polar surface area (TPSA) is 41.6 Å². The fourth-order valence-electron chi connectivity index (χ4n) is 2.65. The lowest BCUT2D eigenvalue weighted by atomic mass is 10.1. The standard InChI is InChI=1S/C17H25BrN2O2/c1-13-14(2)20(11-10-19-13)17(21)5-3-4-12-22-16-8-6-15(18)7-9-16/h6-9,13-14,19H,3-5,10-12H2,1-2H3. The van der Waals surface area contributed by atoms with E-state index in [1.165, 1.54) is 0 Å². The Morgan fingerprint density at radius 3 is 2.77 bits per heavy atom. The van der Waals surface area contributed by atoms with E-state index >= 15 is 0 Å². The molecule has 1 amide bonds. The third kappa shape index (κ3) is 4.99. The normalized spacial score (nSPS) is 21.7. The Labute approximate surface area is 141 Å². The Morgan fingerprint density at radius 1 is 1.32 bits per heavy atom. The van der Waals surface area contributed by atoms with Gasteiger partial charge in [-0.3, -0.25) is 4.79 Å². The monoisotopic (exact) mass is 368 g/mol. The molecule has 4 nitrogen and oxygen atoms in total. The van der Waals surface area contributed by atoms with Crippen LogP contribution in [0.1, 0.15) is 33.1 Å². The summed E-state index contributed by atoms with van der Waals surface area (Å²) in [6.07, 6.45) is 2.39. The van der Waals surface area contributed by atoms with Gasteiger partial charge < -0.3 is 15.0 Å². The molecule has 122 valence electrons. The lowest BCUT2D eigenvalue weighted by Gasteiger charge is -2.38. The van der Waals surface area contributed by atoms with E-state index in [-0.39, 0.29) is 11.9 Å². The van der Waals surface area contributed by atoms with Gasteiger partial charge in [0.2, 0.25) is 5.91 Å². The summed E-state index contributed by atoms with van der Waals surface area (Å²) in [6.45, 7) is 6.62. The number of nitrogens with zero attached hydrogens (tertiary/aromatic N) is 1. The fourth-order valence-corrected chi connectivity index (χ4v) is 2.92. The minimum atomic E-state index is 0.268. The number of nitrogens with one attached hydrogen (secondary N) is 1. The lowest BCUT2D eigenvalue weighted by molar-refractivity contribution is -0.135. The minimum Gasteiger partial charge on any atom is -0.494 e. The summed E-state index contributed by atoms with van der Waals surface area (Å²) in [5.41, 5.74) is 0. The molecule has 1 aliphatic rings. The molecule has 1 fully saturated rings. The molecule has 1 heterocycles. The second-order valence-corrected chi connectivity index (χ2v) is 6.75. The van der Waals surface area contributed by atoms with Crippen LogP contribution in [0.15, 0.2) is 28.7 Å². The molecule has 2 rings (SSSR count). The predicted octanol–water partition coefficient (Wildman–Crippen LogP) is 3.21. The van der Waals surface area contributed by atoms with Gasteiger partial charge in [-0.05, 0) is 51.0 Å². The van der Waals surface area contributed by atoms with E-state index in [0.29, 0.717) is 19.1 Å². The molecule has 2 atom stereocenters. The number of benzene rings is 1. The number of amides is 1. The summed E-state index contributed by atoms with van der Waals surface area (Å²) in [5.74, 6) is 1.14. The van der Waals surface area contributed by atoms with Crippen LogP contribution in [-0.2, 0) is 4.79 Å². The summed E-state index contributed by atoms with van der Waals surface area (Å²) in [5, 5.41) is 3.40. The maximum atomic E-state index is 12.3. The number of unbranched alkanes of at least 4 members (excludes halogenated alkanes) is 1. The fraction of sp³-hybridized carbons (Fsp3) is 0.588. The largest absolute Gasteiger partial charge is 0.494 e. The van der Waals surface area contributed by atoms with Crippen molar-refractivity contribution in [2.24, 2.45) is 0 Å². The molecule has 2 unspecified atom stereocenters. The maximum absolute atomic E-state index is 12.3. The summed E-state index contributed by atoms with van der Waals surface area (Å²) in [6, 6.07) is 8.47. The van der Waals surface area contributed by atoms with Gasteiger partial charge in [-0.15, -0.1) is 0 Å². The molecule has 0 radical (unpaired) electrons. The lowest BCUT2D eigenvalue weighted by Crippen LogP contribution is -2.57. The number of ether oxygens (including phenoxy) is 1. The highest BCUT2D eigenvalue weighted by Gasteiger charge is 2.27. The second-order valence-electron chi connectivity index (χ2n) is 5.83. The van der Waals surface area contributed by atoms with Gasteiger partial charge in [0.15, 0.2) is 0 Å². The summed E-state index contributed by atoms with van der Waals surface area (Å²) in [7, 11) is 0. The third-order valence-electron chi connectivity index (χ3n) is 4.22. The van der Waals surface area contributed by atoms with Crippen molar-refractivity contribution in [2.75, 3.05) is 19.7 Å². The number of halogens is 1. The molecule has 0 saturated carbocycles. The maximum Gasteiger partial charge on any atom is 0.222 e. The van der Waals surface area contributed by atoms with Crippen molar-refractivity contribution in [3.05, 3.63) is 28.7 Å². The van der Waals surface area contributed by atoms with E-state index in [1.807, 2.05) is 29.2 Å². The molecular formula is C17H25BrN2O2. The third-order valence-corrected chi connectivity index (χ3v) is 4.75. The zero-order valence-corrected chi connectivity index (χ0v) is 14.9. The van der Waals surface area contributed by atoms with Crippen LogP contribution in [0.4, 0.5) is 0 Å². The Bertz CT molecular complexity index is 478. The molecule has 0 aliphatic carbocycles. The number of hydrogen-bond acceptors (Lipinski definition) is 3. The average molecular weight is 369 g/mol. The molecule has 0 spiro atoms. The van der Waals surface area contributed by atoms with Crippen LogP contribution in [0, 0.1) is 0 Å². The van der Waals surface area contributed by atoms with Crippen molar-refractivity contribution >= 4 is 21.8 Å². The van der Waals surface area contributed by atoms with E-state index in [1.54, 1.807) is 0 Å². The van der Waals surface area contributed by atoms with Gasteiger partial charge in [0, 0.05) is 36.1 Å². The quantitative estimate of drug-likeness (QED) is 0.783. The van der Waals surface area contributed by atoms with Gasteiger partial charge in [-0.1, -0.05) is 15.9 Å². The SMILES string of the molecule is CC1NCCN(C(=O)CCCCOc2ccc(Br)cc2)C1C. The van der Waals surface area contributed by atoms with E-state index in [4.69, 9.17) is 4.74 Å². The van der Waals surface area contributed by atoms with Crippen LogP contribution in [0.5, 0.6) is 5.75 Å². The van der Waals surface area contributed by atoms with Crippen LogP contribution in [0.25, 0.3) is 0 Å². The highest BCUT2D eigenvalue weighted by atomic mass is 79.9. The number of piperazine rings is 1. The van der Waals surface area contributed by atoms with Crippen molar-refractivity contribution in [3.63, 3.8) is 0 Å². The van der Waals surface area contributed by atoms with Crippen molar-refractivity contribution in [3.8, 4) is 5.75 Å². The molecule has 1 aromatic rings. The molecular weight excluding hydrogens is 344 g/mol. The molecule has 1 saturated heterocycles. The Hall–Kier alpha value is -1.07. The highest BCUT2D eigenvalue weighted by Crippen LogP contribution is 2.17. The first-order chi connectivity index (χ1) is 10.6. The van der Waals surface area contributed by atoms with Crippen molar-refractivity contribution in [2.45, 2.75) is 45.2 Å². The van der Waals surface area contributed by atoms with Crippen molar-refractivity contribution in [1.29, 1.82) is 0 Å². The van der Waals surface area contributed by atoms with Crippen LogP contribution >= 0.6 is 15.9 Å². The van der Waals surface area contributed by atoms with Gasteiger partial charge in [0.25, 0.3) is 0 Å². The van der Waals surface area contributed by atoms with Crippen LogP contribution in [0.2, 0.25) is 0 Å². The molecule has 5 heteroatoms. The first kappa shape index (κ1) is 17.3. The summed E-state index contributed by atoms with van der Waals surface area (Å²) >= 11 is 3.40. The number of carbonyl (C=O) groups is 1. The Balaban J connectivity index is 1.63. The van der Waals surface area contributed by atoms with E-state index < -0.39 is 0 Å². The van der Waals surface area contributed by atoms with E-state index in [0.717, 1.165) is 36.2 Å². The molecule has 0 aromatic heterocycles. The van der Waals surface area contributed by atoms with Gasteiger partial charge in [-0.25, -0.2) is 0 Å². The first-order valence-electron chi connectivity index (χ1n) is 7.99. The van der Waals surface area contributed by atoms with Gasteiger partial charge in [-0.2, -0.15) is 0 Å². The average Bonchev–Trinajstić information content (AvgIpc) is 2.51. The van der Waals surface area contributed by atoms with Crippen LogP contribution < -0.4 is 10.1 Å². The summed E-state index contributed by atoms with van der Waals surface area (Å²) in [4.78, 5) is 14.3. The molecule has 1 N–H and O–H groups in total. The van der Waals surface area contributed by atoms with Gasteiger partial charge in [0.1, 0.15) is 5.75 Å². The minimum absolute atomic E-state index is 0.268. The van der Waals surface area contributed by atoms with Crippen molar-refractivity contribution < 1.29 is 9.53 Å². The second kappa shape index (κ2) is 8.53. The Morgan fingerprint density at radius 2 is 2.05 bits per heavy atom. The highest BCUT2D eigenvalue weighted by molar-refractivity contribution is 9.10. The summed E-state index contributed by atoms with van der Waals surface area (Å²) < 4.78 is 6.72. The Kier molecular flexibility index (Phi) is 6.70. The van der Waals surface area contributed by atoms with Gasteiger partial charge >= 0.3 is 0 Å². The zero-order valence-electron chi connectivity index (χ0n) is 13.3. The number of hydrogen-bond donors (Lipinski definition) is 1. The molecule has 0 bridgehead atoms. The van der Waals surface area contributed by atoms with Crippen molar-refractivity contribution in [1.82, 2.24) is 10.2 Å². The number of carbonyl (C=O) groups excluding carboxylic acids is 1. The number of rotatable bonds is 6. The zero-order chi connectivity index (χ0) is 15.9. The van der Waals surface area contributed by atoms with Crippen LogP contribution in [0.3, 0.4) is 0 Å². The molecule has 22 heavy (non-hydrogen) atoms. The molecule has 1 aromatic carbocycles. The molecule has 1 aliphatic heterocycles. The predicted molar refractivity (Wildman–Crippen MR) is 92.1 cm³/mol. The van der Waals surface area contributed by atoms with E-state index in [2.05, 4.69) is 35.1 Å². The van der Waals surface area contributed by atoms with Gasteiger partial charge in [0.05, 0.1) is 6.61 Å². The van der Waals surface area contributed by atoms with Crippen LogP contribution in [-0.4, -0.2) is 42.6 Å². The van der Waals surface area contributed by atoms with E-state index in [9.17, 15) is 4.79 Å².